The molecular weight excluding hydrogens is 316 g/mol. The number of aliphatic hydroxyl groups is 2. The second-order valence-electron chi connectivity index (χ2n) is 7.00. The summed E-state index contributed by atoms with van der Waals surface area (Å²) in [5.41, 5.74) is 0. The van der Waals surface area contributed by atoms with Crippen LogP contribution in [0.5, 0.6) is 0 Å². The van der Waals surface area contributed by atoms with Crippen molar-refractivity contribution in [3.05, 3.63) is 0 Å². The van der Waals surface area contributed by atoms with E-state index in [2.05, 4.69) is 6.92 Å². The largest absolute Gasteiger partial charge is 0.396 e. The van der Waals surface area contributed by atoms with Gasteiger partial charge >= 0.3 is 0 Å². The van der Waals surface area contributed by atoms with Crippen molar-refractivity contribution in [3.8, 4) is 0 Å². The Hall–Kier alpha value is -0.160. The summed E-state index contributed by atoms with van der Waals surface area (Å²) in [6.07, 6.45) is 17.5. The summed E-state index contributed by atoms with van der Waals surface area (Å²) in [6.45, 7) is 4.03. The number of unbranched alkanes of at least 4 members (excludes halogenated alkanes) is 11. The zero-order valence-corrected chi connectivity index (χ0v) is 16.7. The molecular formula is C21H44O4. The predicted octanol–water partition coefficient (Wildman–Crippen LogP) is 5.20. The van der Waals surface area contributed by atoms with Crippen molar-refractivity contribution in [2.24, 2.45) is 0 Å². The third-order valence-corrected chi connectivity index (χ3v) is 4.51. The first kappa shape index (κ1) is 24.8. The number of hydrogen-bond acceptors (Lipinski definition) is 4. The molecule has 0 aromatic carbocycles. The fraction of sp³-hybridized carbons (Fsp3) is 1.00. The van der Waals surface area contributed by atoms with Gasteiger partial charge in [-0.05, 0) is 38.5 Å². The molecule has 0 unspecified atom stereocenters. The van der Waals surface area contributed by atoms with Crippen LogP contribution < -0.4 is 0 Å². The van der Waals surface area contributed by atoms with Crippen LogP contribution in [-0.4, -0.2) is 42.9 Å². The zero-order valence-electron chi connectivity index (χ0n) is 16.7. The van der Waals surface area contributed by atoms with E-state index in [1.54, 1.807) is 0 Å². The van der Waals surface area contributed by atoms with Crippen LogP contribution in [0.25, 0.3) is 0 Å². The normalized spacial score (nSPS) is 11.5. The molecule has 0 aliphatic carbocycles. The smallest absolute Gasteiger partial charge is 0.157 e. The van der Waals surface area contributed by atoms with Gasteiger partial charge in [0.25, 0.3) is 0 Å². The molecule has 0 fully saturated rings. The lowest BCUT2D eigenvalue weighted by atomic mass is 10.1. The minimum atomic E-state index is -0.119. The van der Waals surface area contributed by atoms with Crippen LogP contribution in [0.15, 0.2) is 0 Å². The number of aliphatic hydroxyl groups excluding tert-OH is 2. The summed E-state index contributed by atoms with van der Waals surface area (Å²) < 4.78 is 11.6. The lowest BCUT2D eigenvalue weighted by Crippen LogP contribution is -2.19. The molecule has 25 heavy (non-hydrogen) atoms. The molecule has 0 amide bonds. The summed E-state index contributed by atoms with van der Waals surface area (Å²) >= 11 is 0. The van der Waals surface area contributed by atoms with Gasteiger partial charge in [-0.25, -0.2) is 0 Å². The van der Waals surface area contributed by atoms with Crippen LogP contribution in [0.3, 0.4) is 0 Å². The molecule has 4 heteroatoms. The van der Waals surface area contributed by atoms with Gasteiger partial charge in [-0.2, -0.15) is 0 Å². The minimum Gasteiger partial charge on any atom is -0.396 e. The summed E-state index contributed by atoms with van der Waals surface area (Å²) in [6, 6.07) is 0. The molecule has 152 valence electrons. The molecule has 0 heterocycles. The van der Waals surface area contributed by atoms with E-state index in [0.717, 1.165) is 38.5 Å². The van der Waals surface area contributed by atoms with Crippen LogP contribution in [0.4, 0.5) is 0 Å². The zero-order chi connectivity index (χ0) is 18.4. The van der Waals surface area contributed by atoms with E-state index >= 15 is 0 Å². The van der Waals surface area contributed by atoms with E-state index in [4.69, 9.17) is 19.7 Å². The van der Waals surface area contributed by atoms with Gasteiger partial charge in [0.2, 0.25) is 0 Å². The molecule has 0 atom stereocenters. The Morgan fingerprint density at radius 2 is 1.00 bits per heavy atom. The summed E-state index contributed by atoms with van der Waals surface area (Å²) in [7, 11) is 0. The lowest BCUT2D eigenvalue weighted by Gasteiger charge is -2.18. The SMILES string of the molecule is CCCCCCCCCCCCC(OCCCCO)OCCCCO. The fourth-order valence-electron chi connectivity index (χ4n) is 2.87. The maximum Gasteiger partial charge on any atom is 0.157 e. The van der Waals surface area contributed by atoms with Crippen molar-refractivity contribution >= 4 is 0 Å². The van der Waals surface area contributed by atoms with Crippen molar-refractivity contribution in [1.29, 1.82) is 0 Å². The molecule has 0 saturated heterocycles. The highest BCUT2D eigenvalue weighted by molar-refractivity contribution is 4.52. The molecule has 0 saturated carbocycles. The van der Waals surface area contributed by atoms with Crippen LogP contribution in [0.1, 0.15) is 103 Å². The first-order valence-corrected chi connectivity index (χ1v) is 10.8. The topological polar surface area (TPSA) is 58.9 Å². The number of rotatable bonds is 21. The molecule has 0 aliphatic heterocycles. The Bertz CT molecular complexity index is 224. The van der Waals surface area contributed by atoms with E-state index in [0.29, 0.717) is 13.2 Å². The summed E-state index contributed by atoms with van der Waals surface area (Å²) in [5.74, 6) is 0. The standard InChI is InChI=1S/C21H44O4/c1-2-3-4-5-6-7-8-9-10-11-16-21(24-19-14-12-17-22)25-20-15-13-18-23/h21-23H,2-20H2,1H3. The van der Waals surface area contributed by atoms with Gasteiger partial charge < -0.3 is 19.7 Å². The molecule has 0 spiro atoms. The van der Waals surface area contributed by atoms with E-state index < -0.39 is 0 Å². The van der Waals surface area contributed by atoms with Crippen LogP contribution in [0.2, 0.25) is 0 Å². The quantitative estimate of drug-likeness (QED) is 0.218. The monoisotopic (exact) mass is 360 g/mol. The predicted molar refractivity (Wildman–Crippen MR) is 105 cm³/mol. The van der Waals surface area contributed by atoms with Crippen molar-refractivity contribution in [2.75, 3.05) is 26.4 Å². The highest BCUT2D eigenvalue weighted by atomic mass is 16.7. The Morgan fingerprint density at radius 3 is 1.44 bits per heavy atom. The van der Waals surface area contributed by atoms with E-state index in [-0.39, 0.29) is 19.5 Å². The first-order chi connectivity index (χ1) is 12.3. The van der Waals surface area contributed by atoms with Crippen molar-refractivity contribution < 1.29 is 19.7 Å². The molecule has 2 N–H and O–H groups in total. The molecule has 4 nitrogen and oxygen atoms in total. The Balaban J connectivity index is 3.59. The van der Waals surface area contributed by atoms with Gasteiger partial charge in [0.1, 0.15) is 0 Å². The third-order valence-electron chi connectivity index (χ3n) is 4.51. The molecule has 0 bridgehead atoms. The second kappa shape index (κ2) is 21.9. The second-order valence-corrected chi connectivity index (χ2v) is 7.00. The molecule has 0 rings (SSSR count). The lowest BCUT2D eigenvalue weighted by molar-refractivity contribution is -0.148. The van der Waals surface area contributed by atoms with Gasteiger partial charge in [0.05, 0.1) is 0 Å². The van der Waals surface area contributed by atoms with Gasteiger partial charge in [-0.1, -0.05) is 64.7 Å². The van der Waals surface area contributed by atoms with Crippen molar-refractivity contribution in [3.63, 3.8) is 0 Å². The number of ether oxygens (including phenoxy) is 2. The van der Waals surface area contributed by atoms with E-state index in [1.165, 1.54) is 57.8 Å². The average Bonchev–Trinajstić information content (AvgIpc) is 2.63. The molecule has 0 aliphatic rings. The first-order valence-electron chi connectivity index (χ1n) is 10.8. The minimum absolute atomic E-state index is 0.119. The van der Waals surface area contributed by atoms with Gasteiger partial charge in [0.15, 0.2) is 6.29 Å². The highest BCUT2D eigenvalue weighted by Crippen LogP contribution is 2.14. The van der Waals surface area contributed by atoms with E-state index in [1.807, 2.05) is 0 Å². The summed E-state index contributed by atoms with van der Waals surface area (Å²) in [5, 5.41) is 17.7. The molecule has 0 radical (unpaired) electrons. The average molecular weight is 361 g/mol. The molecule has 0 aromatic rings. The summed E-state index contributed by atoms with van der Waals surface area (Å²) in [4.78, 5) is 0. The van der Waals surface area contributed by atoms with Crippen LogP contribution in [0, 0.1) is 0 Å². The fourth-order valence-corrected chi connectivity index (χ4v) is 2.87. The van der Waals surface area contributed by atoms with Crippen molar-refractivity contribution in [2.45, 2.75) is 110 Å². The molecule has 0 aromatic heterocycles. The maximum absolute atomic E-state index is 8.83. The van der Waals surface area contributed by atoms with Crippen LogP contribution >= 0.6 is 0 Å². The van der Waals surface area contributed by atoms with Gasteiger partial charge in [0, 0.05) is 26.4 Å². The maximum atomic E-state index is 8.83. The van der Waals surface area contributed by atoms with Crippen LogP contribution in [-0.2, 0) is 9.47 Å². The van der Waals surface area contributed by atoms with Gasteiger partial charge in [-0.3, -0.25) is 0 Å². The number of hydrogen-bond donors (Lipinski definition) is 2. The van der Waals surface area contributed by atoms with Gasteiger partial charge in [-0.15, -0.1) is 0 Å². The van der Waals surface area contributed by atoms with E-state index in [9.17, 15) is 0 Å². The highest BCUT2D eigenvalue weighted by Gasteiger charge is 2.09. The third kappa shape index (κ3) is 20.0. The van der Waals surface area contributed by atoms with Crippen molar-refractivity contribution in [1.82, 2.24) is 0 Å². The Labute approximate surface area is 156 Å². The Morgan fingerprint density at radius 1 is 0.560 bits per heavy atom. The Kier molecular flexibility index (Phi) is 21.7.